The van der Waals surface area contributed by atoms with Crippen molar-refractivity contribution in [2.75, 3.05) is 19.7 Å². The second-order valence-corrected chi connectivity index (χ2v) is 5.60. The summed E-state index contributed by atoms with van der Waals surface area (Å²) in [6, 6.07) is 7.25. The van der Waals surface area contributed by atoms with Crippen molar-refractivity contribution < 1.29 is 18.8 Å². The molecule has 2 aromatic rings. The molecule has 0 unspecified atom stereocenters. The highest BCUT2D eigenvalue weighted by atomic mass is 16.6. The monoisotopic (exact) mass is 330 g/mol. The van der Waals surface area contributed by atoms with Crippen LogP contribution in [0.1, 0.15) is 24.4 Å². The summed E-state index contributed by atoms with van der Waals surface area (Å²) in [7, 11) is 0. The highest BCUT2D eigenvalue weighted by molar-refractivity contribution is 5.83. The van der Waals surface area contributed by atoms with E-state index in [1.165, 1.54) is 4.90 Å². The first-order valence-corrected chi connectivity index (χ1v) is 7.65. The van der Waals surface area contributed by atoms with Crippen molar-refractivity contribution >= 4 is 12.0 Å². The van der Waals surface area contributed by atoms with E-state index in [1.54, 1.807) is 6.92 Å². The molecule has 8 nitrogen and oxygen atoms in total. The van der Waals surface area contributed by atoms with Gasteiger partial charge < -0.3 is 14.6 Å². The van der Waals surface area contributed by atoms with Gasteiger partial charge in [0, 0.05) is 5.56 Å². The Morgan fingerprint density at radius 3 is 2.92 bits per heavy atom. The lowest BCUT2D eigenvalue weighted by atomic mass is 10.1. The van der Waals surface area contributed by atoms with E-state index in [9.17, 15) is 9.59 Å². The maximum atomic E-state index is 12.0. The van der Waals surface area contributed by atoms with Crippen LogP contribution in [-0.2, 0) is 9.53 Å². The van der Waals surface area contributed by atoms with Crippen molar-refractivity contribution in [1.82, 2.24) is 20.4 Å². The highest BCUT2D eigenvalue weighted by Crippen LogP contribution is 2.21. The van der Waals surface area contributed by atoms with Crippen molar-refractivity contribution in [3.05, 3.63) is 35.7 Å². The van der Waals surface area contributed by atoms with Gasteiger partial charge in [0.2, 0.25) is 17.6 Å². The number of nitrogens with zero attached hydrogens (tertiary/aromatic N) is 3. The number of cyclic esters (lactones) is 1. The number of carbonyl (C=O) groups excluding carboxylic acids is 2. The van der Waals surface area contributed by atoms with Crippen LogP contribution in [0, 0.1) is 6.92 Å². The molecule has 2 heterocycles. The number of amides is 2. The Bertz CT molecular complexity index is 758. The predicted octanol–water partition coefficient (Wildman–Crippen LogP) is 1.67. The van der Waals surface area contributed by atoms with Crippen LogP contribution in [0.2, 0.25) is 0 Å². The zero-order valence-corrected chi connectivity index (χ0v) is 13.5. The van der Waals surface area contributed by atoms with E-state index in [2.05, 4.69) is 15.5 Å². The van der Waals surface area contributed by atoms with Crippen molar-refractivity contribution in [3.63, 3.8) is 0 Å². The zero-order chi connectivity index (χ0) is 17.1. The fourth-order valence-corrected chi connectivity index (χ4v) is 2.44. The van der Waals surface area contributed by atoms with E-state index in [0.29, 0.717) is 24.9 Å². The lowest BCUT2D eigenvalue weighted by Gasteiger charge is -2.14. The SMILES string of the molecule is Cc1ccccc1-c1noc([C@H](C)NC(=O)CN2CCOC2=O)n1. The van der Waals surface area contributed by atoms with E-state index < -0.39 is 12.1 Å². The largest absolute Gasteiger partial charge is 0.448 e. The van der Waals surface area contributed by atoms with E-state index in [0.717, 1.165) is 11.1 Å². The molecule has 1 saturated heterocycles. The molecule has 1 fully saturated rings. The maximum Gasteiger partial charge on any atom is 0.410 e. The summed E-state index contributed by atoms with van der Waals surface area (Å²) in [5.74, 6) is 0.481. The van der Waals surface area contributed by atoms with Gasteiger partial charge in [-0.1, -0.05) is 29.4 Å². The van der Waals surface area contributed by atoms with Gasteiger partial charge in [0.15, 0.2) is 0 Å². The van der Waals surface area contributed by atoms with Gasteiger partial charge in [0.05, 0.1) is 6.54 Å². The number of hydrogen-bond acceptors (Lipinski definition) is 6. The molecule has 24 heavy (non-hydrogen) atoms. The fourth-order valence-electron chi connectivity index (χ4n) is 2.44. The second kappa shape index (κ2) is 6.69. The minimum Gasteiger partial charge on any atom is -0.448 e. The average molecular weight is 330 g/mol. The van der Waals surface area contributed by atoms with Crippen molar-refractivity contribution in [3.8, 4) is 11.4 Å². The minimum absolute atomic E-state index is 0.0536. The molecule has 1 N–H and O–H groups in total. The van der Waals surface area contributed by atoms with E-state index in [4.69, 9.17) is 9.26 Å². The number of ether oxygens (including phenoxy) is 1. The van der Waals surface area contributed by atoms with Crippen LogP contribution in [0.4, 0.5) is 4.79 Å². The fraction of sp³-hybridized carbons (Fsp3) is 0.375. The van der Waals surface area contributed by atoms with Gasteiger partial charge in [-0.25, -0.2) is 4.79 Å². The number of benzene rings is 1. The van der Waals surface area contributed by atoms with Gasteiger partial charge in [-0.15, -0.1) is 0 Å². The minimum atomic E-state index is -0.475. The Kier molecular flexibility index (Phi) is 4.45. The summed E-state index contributed by atoms with van der Waals surface area (Å²) in [6.07, 6.45) is -0.475. The first kappa shape index (κ1) is 16.0. The third kappa shape index (κ3) is 3.37. The van der Waals surface area contributed by atoms with Crippen LogP contribution < -0.4 is 5.32 Å². The number of rotatable bonds is 5. The predicted molar refractivity (Wildman–Crippen MR) is 83.9 cm³/mol. The first-order chi connectivity index (χ1) is 11.5. The van der Waals surface area contributed by atoms with Crippen molar-refractivity contribution in [2.45, 2.75) is 19.9 Å². The normalized spacial score (nSPS) is 15.2. The summed E-state index contributed by atoms with van der Waals surface area (Å²) in [5, 5.41) is 6.71. The summed E-state index contributed by atoms with van der Waals surface area (Å²) in [4.78, 5) is 29.0. The van der Waals surface area contributed by atoms with Crippen LogP contribution in [0.5, 0.6) is 0 Å². The Morgan fingerprint density at radius 1 is 1.42 bits per heavy atom. The first-order valence-electron chi connectivity index (χ1n) is 7.65. The summed E-state index contributed by atoms with van der Waals surface area (Å²) in [6.45, 7) is 4.38. The van der Waals surface area contributed by atoms with Gasteiger partial charge in [0.1, 0.15) is 19.2 Å². The Hall–Kier alpha value is -2.90. The molecule has 1 aromatic carbocycles. The lowest BCUT2D eigenvalue weighted by Crippen LogP contribution is -2.38. The molecule has 3 rings (SSSR count). The van der Waals surface area contributed by atoms with Crippen LogP contribution in [0.15, 0.2) is 28.8 Å². The average Bonchev–Trinajstić information content (AvgIpc) is 3.18. The third-order valence-corrected chi connectivity index (χ3v) is 3.76. The molecule has 126 valence electrons. The highest BCUT2D eigenvalue weighted by Gasteiger charge is 2.25. The van der Waals surface area contributed by atoms with E-state index in [1.807, 2.05) is 31.2 Å². The van der Waals surface area contributed by atoms with Gasteiger partial charge in [-0.3, -0.25) is 9.69 Å². The maximum absolute atomic E-state index is 12.0. The smallest absolute Gasteiger partial charge is 0.410 e. The van der Waals surface area contributed by atoms with Crippen LogP contribution in [0.25, 0.3) is 11.4 Å². The molecule has 1 atom stereocenters. The topological polar surface area (TPSA) is 97.6 Å². The molecule has 0 bridgehead atoms. The lowest BCUT2D eigenvalue weighted by molar-refractivity contribution is -0.122. The summed E-state index contributed by atoms with van der Waals surface area (Å²) >= 11 is 0. The molecule has 8 heteroatoms. The van der Waals surface area contributed by atoms with Crippen LogP contribution in [-0.4, -0.2) is 46.7 Å². The molecule has 0 radical (unpaired) electrons. The molecular weight excluding hydrogens is 312 g/mol. The number of carbonyl (C=O) groups is 2. The number of aryl methyl sites for hydroxylation is 1. The van der Waals surface area contributed by atoms with Gasteiger partial charge in [-0.2, -0.15) is 4.98 Å². The van der Waals surface area contributed by atoms with Gasteiger partial charge >= 0.3 is 6.09 Å². The van der Waals surface area contributed by atoms with Crippen molar-refractivity contribution in [1.29, 1.82) is 0 Å². The molecule has 0 spiro atoms. The quantitative estimate of drug-likeness (QED) is 0.895. The van der Waals surface area contributed by atoms with Gasteiger partial charge in [0.25, 0.3) is 0 Å². The molecule has 1 aliphatic heterocycles. The number of aromatic nitrogens is 2. The van der Waals surface area contributed by atoms with E-state index in [-0.39, 0.29) is 12.5 Å². The Balaban J connectivity index is 1.63. The molecule has 0 saturated carbocycles. The van der Waals surface area contributed by atoms with Crippen LogP contribution in [0.3, 0.4) is 0 Å². The second-order valence-electron chi connectivity index (χ2n) is 5.60. The Morgan fingerprint density at radius 2 is 2.21 bits per heavy atom. The molecule has 2 amide bonds. The van der Waals surface area contributed by atoms with Crippen LogP contribution >= 0.6 is 0 Å². The Labute approximate surface area is 138 Å². The van der Waals surface area contributed by atoms with Crippen molar-refractivity contribution in [2.24, 2.45) is 0 Å². The summed E-state index contributed by atoms with van der Waals surface area (Å²) in [5.41, 5.74) is 1.92. The number of hydrogen-bond donors (Lipinski definition) is 1. The number of nitrogens with one attached hydrogen (secondary N) is 1. The molecule has 1 aliphatic rings. The zero-order valence-electron chi connectivity index (χ0n) is 13.5. The molecule has 0 aliphatic carbocycles. The van der Waals surface area contributed by atoms with E-state index >= 15 is 0 Å². The molecule has 1 aromatic heterocycles. The third-order valence-electron chi connectivity index (χ3n) is 3.76. The molecular formula is C16H18N4O4. The van der Waals surface area contributed by atoms with Gasteiger partial charge in [-0.05, 0) is 19.4 Å². The summed E-state index contributed by atoms with van der Waals surface area (Å²) < 4.78 is 10.0. The standard InChI is InChI=1S/C16H18N4O4/c1-10-5-3-4-6-12(10)14-18-15(24-19-14)11(2)17-13(21)9-20-7-8-23-16(20)22/h3-6,11H,7-9H2,1-2H3,(H,17,21)/t11-/m0/s1.